The van der Waals surface area contributed by atoms with Crippen LogP contribution < -0.4 is 5.32 Å². The molecule has 0 saturated carbocycles. The van der Waals surface area contributed by atoms with E-state index < -0.39 is 0 Å². The first-order valence-electron chi connectivity index (χ1n) is 6.22. The van der Waals surface area contributed by atoms with Crippen LogP contribution in [0.15, 0.2) is 35.9 Å². The monoisotopic (exact) mass is 233 g/mol. The van der Waals surface area contributed by atoms with Crippen molar-refractivity contribution in [2.45, 2.75) is 39.7 Å². The number of phenols is 1. The van der Waals surface area contributed by atoms with Gasteiger partial charge in [0, 0.05) is 12.6 Å². The van der Waals surface area contributed by atoms with Crippen molar-refractivity contribution >= 4 is 0 Å². The summed E-state index contributed by atoms with van der Waals surface area (Å²) in [6.07, 6.45) is 4.36. The van der Waals surface area contributed by atoms with Crippen LogP contribution in [0.2, 0.25) is 0 Å². The average molecular weight is 233 g/mol. The lowest BCUT2D eigenvalue weighted by atomic mass is 10.1. The fraction of sp³-hybridized carbons (Fsp3) is 0.467. The molecule has 0 heterocycles. The molecule has 0 bridgehead atoms. The molecule has 94 valence electrons. The zero-order valence-electron chi connectivity index (χ0n) is 11.0. The summed E-state index contributed by atoms with van der Waals surface area (Å²) < 4.78 is 0. The highest BCUT2D eigenvalue weighted by atomic mass is 16.3. The smallest absolute Gasteiger partial charge is 0.115 e. The van der Waals surface area contributed by atoms with Gasteiger partial charge < -0.3 is 10.4 Å². The molecule has 2 heteroatoms. The van der Waals surface area contributed by atoms with E-state index in [0.717, 1.165) is 19.4 Å². The quantitative estimate of drug-likeness (QED) is 0.739. The fourth-order valence-electron chi connectivity index (χ4n) is 1.61. The van der Waals surface area contributed by atoms with Crippen LogP contribution in [-0.2, 0) is 6.42 Å². The van der Waals surface area contributed by atoms with Gasteiger partial charge in [-0.25, -0.2) is 0 Å². The van der Waals surface area contributed by atoms with E-state index in [0.29, 0.717) is 11.8 Å². The number of allylic oxidation sites excluding steroid dienone is 1. The lowest BCUT2D eigenvalue weighted by molar-refractivity contribution is 0.475. The Labute approximate surface area is 104 Å². The molecular formula is C15H23NO. The Morgan fingerprint density at radius 3 is 2.53 bits per heavy atom. The molecule has 17 heavy (non-hydrogen) atoms. The Balaban J connectivity index is 2.26. The lowest BCUT2D eigenvalue weighted by Gasteiger charge is -2.12. The molecular weight excluding hydrogens is 210 g/mol. The standard InChI is InChI=1S/C15H23NO/c1-12(2)10-11-16-13(3)4-5-14-6-8-15(17)9-7-14/h6-10,13,16-17H,4-5,11H2,1-3H3. The van der Waals surface area contributed by atoms with Crippen molar-refractivity contribution < 1.29 is 5.11 Å². The Hall–Kier alpha value is -1.28. The minimum atomic E-state index is 0.337. The maximum absolute atomic E-state index is 9.18. The molecule has 0 aliphatic carbocycles. The SMILES string of the molecule is CC(C)=CCNC(C)CCc1ccc(O)cc1. The Kier molecular flexibility index (Phi) is 5.78. The van der Waals surface area contributed by atoms with E-state index >= 15 is 0 Å². The zero-order chi connectivity index (χ0) is 12.7. The van der Waals surface area contributed by atoms with Gasteiger partial charge in [-0.15, -0.1) is 0 Å². The van der Waals surface area contributed by atoms with Crippen molar-refractivity contribution in [2.24, 2.45) is 0 Å². The molecule has 0 aromatic heterocycles. The van der Waals surface area contributed by atoms with Gasteiger partial charge in [-0.1, -0.05) is 23.8 Å². The molecule has 1 rings (SSSR count). The van der Waals surface area contributed by atoms with Crippen molar-refractivity contribution in [3.05, 3.63) is 41.5 Å². The largest absolute Gasteiger partial charge is 0.508 e. The number of hydrogen-bond donors (Lipinski definition) is 2. The van der Waals surface area contributed by atoms with E-state index in [1.165, 1.54) is 11.1 Å². The number of aryl methyl sites for hydroxylation is 1. The van der Waals surface area contributed by atoms with Crippen molar-refractivity contribution in [3.63, 3.8) is 0 Å². The molecule has 0 spiro atoms. The maximum atomic E-state index is 9.18. The van der Waals surface area contributed by atoms with E-state index in [-0.39, 0.29) is 0 Å². The van der Waals surface area contributed by atoms with Crippen LogP contribution in [0.1, 0.15) is 32.8 Å². The molecule has 0 radical (unpaired) electrons. The molecule has 1 aromatic carbocycles. The summed E-state index contributed by atoms with van der Waals surface area (Å²) in [6.45, 7) is 7.38. The number of phenolic OH excluding ortho intramolecular Hbond substituents is 1. The molecule has 1 aromatic rings. The van der Waals surface area contributed by atoms with Crippen LogP contribution in [0.3, 0.4) is 0 Å². The van der Waals surface area contributed by atoms with Gasteiger partial charge in [0.15, 0.2) is 0 Å². The molecule has 2 N–H and O–H groups in total. The van der Waals surface area contributed by atoms with Crippen molar-refractivity contribution in [3.8, 4) is 5.75 Å². The molecule has 0 amide bonds. The highest BCUT2D eigenvalue weighted by Crippen LogP contribution is 2.11. The Morgan fingerprint density at radius 1 is 1.29 bits per heavy atom. The van der Waals surface area contributed by atoms with E-state index in [4.69, 9.17) is 0 Å². The topological polar surface area (TPSA) is 32.3 Å². The fourth-order valence-corrected chi connectivity index (χ4v) is 1.61. The second kappa shape index (κ2) is 7.13. The van der Waals surface area contributed by atoms with Gasteiger partial charge in [-0.2, -0.15) is 0 Å². The Morgan fingerprint density at radius 2 is 1.94 bits per heavy atom. The maximum Gasteiger partial charge on any atom is 0.115 e. The number of rotatable bonds is 6. The van der Waals surface area contributed by atoms with Crippen LogP contribution in [0.25, 0.3) is 0 Å². The lowest BCUT2D eigenvalue weighted by Crippen LogP contribution is -2.26. The molecule has 0 aliphatic heterocycles. The zero-order valence-corrected chi connectivity index (χ0v) is 11.0. The minimum absolute atomic E-state index is 0.337. The summed E-state index contributed by atoms with van der Waals surface area (Å²) in [7, 11) is 0. The first kappa shape index (κ1) is 13.8. The van der Waals surface area contributed by atoms with Gasteiger partial charge in [0.2, 0.25) is 0 Å². The molecule has 1 atom stereocenters. The minimum Gasteiger partial charge on any atom is -0.508 e. The first-order valence-corrected chi connectivity index (χ1v) is 6.22. The van der Waals surface area contributed by atoms with E-state index in [2.05, 4.69) is 32.2 Å². The van der Waals surface area contributed by atoms with Crippen molar-refractivity contribution in [2.75, 3.05) is 6.54 Å². The van der Waals surface area contributed by atoms with E-state index in [9.17, 15) is 5.11 Å². The second-order valence-corrected chi connectivity index (χ2v) is 4.80. The van der Waals surface area contributed by atoms with Crippen LogP contribution in [0.5, 0.6) is 5.75 Å². The Bertz CT molecular complexity index is 350. The predicted octanol–water partition coefficient (Wildman–Crippen LogP) is 3.27. The average Bonchev–Trinajstić information content (AvgIpc) is 2.28. The number of aromatic hydroxyl groups is 1. The third-order valence-electron chi connectivity index (χ3n) is 2.78. The molecule has 2 nitrogen and oxygen atoms in total. The highest BCUT2D eigenvalue weighted by molar-refractivity contribution is 5.25. The summed E-state index contributed by atoms with van der Waals surface area (Å²) in [4.78, 5) is 0. The summed E-state index contributed by atoms with van der Waals surface area (Å²) in [5.74, 6) is 0.337. The molecule has 0 saturated heterocycles. The van der Waals surface area contributed by atoms with Gasteiger partial charge in [-0.05, 0) is 51.3 Å². The van der Waals surface area contributed by atoms with Gasteiger partial charge in [0.1, 0.15) is 5.75 Å². The molecule has 1 unspecified atom stereocenters. The molecule has 0 fully saturated rings. The highest BCUT2D eigenvalue weighted by Gasteiger charge is 2.01. The molecule has 0 aliphatic rings. The second-order valence-electron chi connectivity index (χ2n) is 4.80. The van der Waals surface area contributed by atoms with Gasteiger partial charge >= 0.3 is 0 Å². The van der Waals surface area contributed by atoms with Crippen LogP contribution in [0.4, 0.5) is 0 Å². The van der Waals surface area contributed by atoms with Gasteiger partial charge in [0.05, 0.1) is 0 Å². The van der Waals surface area contributed by atoms with Gasteiger partial charge in [-0.3, -0.25) is 0 Å². The van der Waals surface area contributed by atoms with Crippen molar-refractivity contribution in [1.29, 1.82) is 0 Å². The summed E-state index contributed by atoms with van der Waals surface area (Å²) >= 11 is 0. The van der Waals surface area contributed by atoms with E-state index in [1.807, 2.05) is 12.1 Å². The van der Waals surface area contributed by atoms with Crippen LogP contribution in [0, 0.1) is 0 Å². The summed E-state index contributed by atoms with van der Waals surface area (Å²) in [5, 5.41) is 12.7. The van der Waals surface area contributed by atoms with Gasteiger partial charge in [0.25, 0.3) is 0 Å². The normalized spacial score (nSPS) is 12.2. The number of hydrogen-bond acceptors (Lipinski definition) is 2. The third-order valence-corrected chi connectivity index (χ3v) is 2.78. The number of benzene rings is 1. The van der Waals surface area contributed by atoms with Crippen molar-refractivity contribution in [1.82, 2.24) is 5.32 Å². The van der Waals surface area contributed by atoms with E-state index in [1.54, 1.807) is 12.1 Å². The summed E-state index contributed by atoms with van der Waals surface area (Å²) in [6, 6.07) is 7.98. The predicted molar refractivity (Wildman–Crippen MR) is 73.3 cm³/mol. The number of nitrogens with one attached hydrogen (secondary N) is 1. The van der Waals surface area contributed by atoms with Crippen LogP contribution in [-0.4, -0.2) is 17.7 Å². The first-order chi connectivity index (χ1) is 8.08. The summed E-state index contributed by atoms with van der Waals surface area (Å²) in [5.41, 5.74) is 2.63. The van der Waals surface area contributed by atoms with Crippen LogP contribution >= 0.6 is 0 Å². The third kappa shape index (κ3) is 6.12.